The van der Waals surface area contributed by atoms with E-state index in [0.29, 0.717) is 5.15 Å². The van der Waals surface area contributed by atoms with E-state index in [4.69, 9.17) is 11.6 Å². The second kappa shape index (κ2) is 4.03. The molecular weight excluding hydrogens is 244 g/mol. The first-order valence-corrected chi connectivity index (χ1v) is 6.05. The summed E-state index contributed by atoms with van der Waals surface area (Å²) >= 11 is 7.40. The average Bonchev–Trinajstić information content (AvgIpc) is 2.74. The zero-order chi connectivity index (χ0) is 11.9. The number of carbonyl (C=O) groups excluding carboxylic acids is 1. The lowest BCUT2D eigenvalue weighted by Crippen LogP contribution is -1.93. The van der Waals surface area contributed by atoms with E-state index in [0.717, 1.165) is 21.7 Å². The predicted molar refractivity (Wildman–Crippen MR) is 66.3 cm³/mol. The van der Waals surface area contributed by atoms with Crippen molar-refractivity contribution >= 4 is 28.7 Å². The van der Waals surface area contributed by atoms with E-state index in [1.165, 1.54) is 11.3 Å². The number of hydrogen-bond donors (Lipinski definition) is 0. The molecule has 0 fully saturated rings. The quantitative estimate of drug-likeness (QED) is 0.771. The fourth-order valence-electron chi connectivity index (χ4n) is 1.65. The molecule has 0 atom stereocenters. The third kappa shape index (κ3) is 1.79. The largest absolute Gasteiger partial charge is 0.294 e. The van der Waals surface area contributed by atoms with Crippen LogP contribution >= 0.6 is 22.9 Å². The first kappa shape index (κ1) is 11.4. The standard InChI is InChI=1S/C11H11ClN2OS/c1-6-10(14(3)13-11(6)12)8-4-9(7(2)15)16-5-8/h4-5H,1-3H3. The zero-order valence-electron chi connectivity index (χ0n) is 9.24. The second-order valence-corrected chi connectivity index (χ2v) is 4.91. The number of aromatic nitrogens is 2. The fourth-order valence-corrected chi connectivity index (χ4v) is 2.64. The lowest BCUT2D eigenvalue weighted by molar-refractivity contribution is 0.102. The first-order valence-electron chi connectivity index (χ1n) is 4.79. The van der Waals surface area contributed by atoms with Crippen LogP contribution in [0.1, 0.15) is 22.2 Å². The molecule has 2 heterocycles. The number of rotatable bonds is 2. The Morgan fingerprint density at radius 2 is 2.25 bits per heavy atom. The lowest BCUT2D eigenvalue weighted by Gasteiger charge is -1.99. The third-order valence-electron chi connectivity index (χ3n) is 2.45. The SMILES string of the molecule is CC(=O)c1cc(-c2c(C)c(Cl)nn2C)cs1. The summed E-state index contributed by atoms with van der Waals surface area (Å²) in [6.45, 7) is 3.49. The normalized spacial score (nSPS) is 10.8. The predicted octanol–water partition coefficient (Wildman–Crippen LogP) is 3.31. The van der Waals surface area contributed by atoms with E-state index < -0.39 is 0 Å². The number of carbonyl (C=O) groups is 1. The second-order valence-electron chi connectivity index (χ2n) is 3.64. The molecule has 0 aliphatic heterocycles. The number of hydrogen-bond acceptors (Lipinski definition) is 3. The van der Waals surface area contributed by atoms with Gasteiger partial charge in [-0.05, 0) is 19.9 Å². The van der Waals surface area contributed by atoms with Crippen molar-refractivity contribution in [3.05, 3.63) is 27.0 Å². The summed E-state index contributed by atoms with van der Waals surface area (Å²) in [4.78, 5) is 12.0. The van der Waals surface area contributed by atoms with Gasteiger partial charge in [0.05, 0.1) is 10.6 Å². The van der Waals surface area contributed by atoms with Gasteiger partial charge in [0.15, 0.2) is 10.9 Å². The van der Waals surface area contributed by atoms with E-state index in [2.05, 4.69) is 5.10 Å². The van der Waals surface area contributed by atoms with Crippen molar-refractivity contribution in [3.63, 3.8) is 0 Å². The Balaban J connectivity index is 2.54. The molecule has 0 aromatic carbocycles. The number of halogens is 1. The number of Topliss-reactive ketones (excluding diaryl/α,β-unsaturated/α-hetero) is 1. The van der Waals surface area contributed by atoms with Gasteiger partial charge in [0.2, 0.25) is 0 Å². The fraction of sp³-hybridized carbons (Fsp3) is 0.273. The summed E-state index contributed by atoms with van der Waals surface area (Å²) in [7, 11) is 1.85. The highest BCUT2D eigenvalue weighted by atomic mass is 35.5. The van der Waals surface area contributed by atoms with Gasteiger partial charge in [0, 0.05) is 23.6 Å². The number of ketones is 1. The van der Waals surface area contributed by atoms with Gasteiger partial charge in [-0.2, -0.15) is 5.10 Å². The summed E-state index contributed by atoms with van der Waals surface area (Å²) in [5, 5.41) is 6.61. The van der Waals surface area contributed by atoms with Crippen molar-refractivity contribution in [2.75, 3.05) is 0 Å². The minimum absolute atomic E-state index is 0.0853. The van der Waals surface area contributed by atoms with Crippen molar-refractivity contribution in [1.82, 2.24) is 9.78 Å². The monoisotopic (exact) mass is 254 g/mol. The molecule has 0 N–H and O–H groups in total. The van der Waals surface area contributed by atoms with Crippen LogP contribution in [0.4, 0.5) is 0 Å². The van der Waals surface area contributed by atoms with Crippen LogP contribution in [0.3, 0.4) is 0 Å². The van der Waals surface area contributed by atoms with Gasteiger partial charge >= 0.3 is 0 Å². The molecule has 0 amide bonds. The molecule has 0 aliphatic carbocycles. The Bertz CT molecular complexity index is 556. The van der Waals surface area contributed by atoms with E-state index in [9.17, 15) is 4.79 Å². The highest BCUT2D eigenvalue weighted by molar-refractivity contribution is 7.12. The van der Waals surface area contributed by atoms with Gasteiger partial charge in [-0.3, -0.25) is 9.48 Å². The Morgan fingerprint density at radius 1 is 1.56 bits per heavy atom. The van der Waals surface area contributed by atoms with Crippen molar-refractivity contribution in [3.8, 4) is 11.3 Å². The van der Waals surface area contributed by atoms with E-state index >= 15 is 0 Å². The van der Waals surface area contributed by atoms with Crippen molar-refractivity contribution in [2.24, 2.45) is 7.05 Å². The smallest absolute Gasteiger partial charge is 0.169 e. The molecule has 0 bridgehead atoms. The zero-order valence-corrected chi connectivity index (χ0v) is 10.8. The molecule has 84 valence electrons. The van der Waals surface area contributed by atoms with E-state index in [-0.39, 0.29) is 5.78 Å². The summed E-state index contributed by atoms with van der Waals surface area (Å²) in [5.41, 5.74) is 2.90. The molecule has 5 heteroatoms. The maximum Gasteiger partial charge on any atom is 0.169 e. The summed E-state index contributed by atoms with van der Waals surface area (Å²) < 4.78 is 1.74. The Labute approximate surface area is 103 Å². The van der Waals surface area contributed by atoms with Gasteiger partial charge in [0.25, 0.3) is 0 Å². The van der Waals surface area contributed by atoms with Gasteiger partial charge < -0.3 is 0 Å². The molecule has 0 aliphatic rings. The average molecular weight is 255 g/mol. The summed E-state index contributed by atoms with van der Waals surface area (Å²) in [5.74, 6) is 0.0853. The Kier molecular flexibility index (Phi) is 2.86. The molecule has 2 rings (SSSR count). The molecule has 0 spiro atoms. The minimum Gasteiger partial charge on any atom is -0.294 e. The Morgan fingerprint density at radius 3 is 2.69 bits per heavy atom. The van der Waals surface area contributed by atoms with Crippen molar-refractivity contribution < 1.29 is 4.79 Å². The van der Waals surface area contributed by atoms with Gasteiger partial charge in [-0.15, -0.1) is 11.3 Å². The van der Waals surface area contributed by atoms with Crippen LogP contribution in [0.25, 0.3) is 11.3 Å². The molecule has 2 aromatic heterocycles. The van der Waals surface area contributed by atoms with Crippen molar-refractivity contribution in [1.29, 1.82) is 0 Å². The molecule has 0 unspecified atom stereocenters. The van der Waals surface area contributed by atoms with Crippen LogP contribution in [0.5, 0.6) is 0 Å². The van der Waals surface area contributed by atoms with Gasteiger partial charge in [-0.1, -0.05) is 11.6 Å². The number of aryl methyl sites for hydroxylation is 1. The van der Waals surface area contributed by atoms with E-state index in [1.54, 1.807) is 11.6 Å². The van der Waals surface area contributed by atoms with Crippen LogP contribution in [0.15, 0.2) is 11.4 Å². The van der Waals surface area contributed by atoms with E-state index in [1.807, 2.05) is 25.4 Å². The molecule has 0 radical (unpaired) electrons. The van der Waals surface area contributed by atoms with Crippen LogP contribution in [-0.4, -0.2) is 15.6 Å². The van der Waals surface area contributed by atoms with Crippen LogP contribution in [-0.2, 0) is 7.05 Å². The molecule has 16 heavy (non-hydrogen) atoms. The topological polar surface area (TPSA) is 34.9 Å². The molecule has 0 saturated heterocycles. The first-order chi connectivity index (χ1) is 7.50. The molecule has 0 saturated carbocycles. The maximum absolute atomic E-state index is 11.2. The number of thiophene rings is 1. The molecular formula is C11H11ClN2OS. The lowest BCUT2D eigenvalue weighted by atomic mass is 10.1. The van der Waals surface area contributed by atoms with Gasteiger partial charge in [-0.25, -0.2) is 0 Å². The summed E-state index contributed by atoms with van der Waals surface area (Å²) in [6.07, 6.45) is 0. The van der Waals surface area contributed by atoms with Crippen molar-refractivity contribution in [2.45, 2.75) is 13.8 Å². The summed E-state index contributed by atoms with van der Waals surface area (Å²) in [6, 6.07) is 1.88. The number of nitrogens with zero attached hydrogens (tertiary/aromatic N) is 2. The highest BCUT2D eigenvalue weighted by Crippen LogP contribution is 2.31. The van der Waals surface area contributed by atoms with Crippen LogP contribution in [0.2, 0.25) is 5.15 Å². The third-order valence-corrected chi connectivity index (χ3v) is 3.84. The van der Waals surface area contributed by atoms with Crippen LogP contribution in [0, 0.1) is 6.92 Å². The van der Waals surface area contributed by atoms with Crippen LogP contribution < -0.4 is 0 Å². The maximum atomic E-state index is 11.2. The highest BCUT2D eigenvalue weighted by Gasteiger charge is 2.14. The van der Waals surface area contributed by atoms with Gasteiger partial charge in [0.1, 0.15) is 0 Å². The minimum atomic E-state index is 0.0853. The molecule has 3 nitrogen and oxygen atoms in total. The molecule has 2 aromatic rings. The Hall–Kier alpha value is -1.13.